The largest absolute Gasteiger partial charge is 0.311 e. The van der Waals surface area contributed by atoms with Gasteiger partial charge >= 0.3 is 0 Å². The maximum Gasteiger partial charge on any atom is 0.222 e. The van der Waals surface area contributed by atoms with Gasteiger partial charge in [0.05, 0.1) is 5.69 Å². The van der Waals surface area contributed by atoms with Crippen LogP contribution in [0.15, 0.2) is 54.6 Å². The maximum absolute atomic E-state index is 11.2. The second-order valence-corrected chi connectivity index (χ2v) is 5.06. The van der Waals surface area contributed by atoms with Gasteiger partial charge in [-0.25, -0.2) is 4.98 Å². The lowest BCUT2D eigenvalue weighted by atomic mass is 9.98. The zero-order chi connectivity index (χ0) is 14.8. The van der Waals surface area contributed by atoms with E-state index in [1.807, 2.05) is 24.3 Å². The average Bonchev–Trinajstić information content (AvgIpc) is 2.47. The monoisotopic (exact) mass is 276 g/mol. The number of nitrogens with zero attached hydrogens (tertiary/aromatic N) is 1. The molecule has 3 aromatic rings. The van der Waals surface area contributed by atoms with Crippen molar-refractivity contribution in [2.75, 3.05) is 5.32 Å². The molecule has 2 aromatic carbocycles. The Kier molecular flexibility index (Phi) is 3.40. The second-order valence-electron chi connectivity index (χ2n) is 5.06. The van der Waals surface area contributed by atoms with Crippen molar-refractivity contribution in [2.45, 2.75) is 13.8 Å². The summed E-state index contributed by atoms with van der Waals surface area (Å²) in [5.74, 6) is 0.457. The molecule has 0 fully saturated rings. The highest BCUT2D eigenvalue weighted by atomic mass is 16.1. The minimum absolute atomic E-state index is 0.117. The number of rotatable bonds is 2. The molecule has 3 nitrogen and oxygen atoms in total. The highest BCUT2D eigenvalue weighted by molar-refractivity contribution is 5.98. The maximum atomic E-state index is 11.2. The van der Waals surface area contributed by atoms with Crippen LogP contribution < -0.4 is 5.32 Å². The molecule has 3 rings (SSSR count). The van der Waals surface area contributed by atoms with Crippen molar-refractivity contribution in [2.24, 2.45) is 0 Å². The number of hydrogen-bond acceptors (Lipinski definition) is 2. The third-order valence-corrected chi connectivity index (χ3v) is 3.47. The Labute approximate surface area is 123 Å². The molecule has 0 saturated carbocycles. The van der Waals surface area contributed by atoms with Crippen molar-refractivity contribution in [3.63, 3.8) is 0 Å². The first-order chi connectivity index (χ1) is 10.1. The van der Waals surface area contributed by atoms with Crippen LogP contribution in [0.5, 0.6) is 0 Å². The molecular formula is C18H16N2O. The van der Waals surface area contributed by atoms with E-state index in [0.29, 0.717) is 5.82 Å². The normalized spacial score (nSPS) is 10.6. The first kappa shape index (κ1) is 13.3. The molecular weight excluding hydrogens is 260 g/mol. The average molecular weight is 276 g/mol. The van der Waals surface area contributed by atoms with Crippen molar-refractivity contribution >= 4 is 22.5 Å². The minimum Gasteiger partial charge on any atom is -0.311 e. The van der Waals surface area contributed by atoms with Gasteiger partial charge in [-0.2, -0.15) is 0 Å². The van der Waals surface area contributed by atoms with Crippen LogP contribution in [0.1, 0.15) is 12.5 Å². The Balaban J connectivity index is 2.17. The molecule has 0 atom stereocenters. The molecule has 0 bridgehead atoms. The summed E-state index contributed by atoms with van der Waals surface area (Å²) in [5, 5.41) is 5.12. The van der Waals surface area contributed by atoms with Gasteiger partial charge in [-0.15, -0.1) is 0 Å². The standard InChI is InChI=1S/C18H16N2O/c1-12-10-11-16(15-7-4-3-6-14(12)15)17-8-5-9-18(20-17)19-13(2)21/h3-11H,1-2H3,(H,19,20,21). The molecule has 3 heteroatoms. The van der Waals surface area contributed by atoms with Gasteiger partial charge in [-0.3, -0.25) is 4.79 Å². The lowest BCUT2D eigenvalue weighted by molar-refractivity contribution is -0.114. The van der Waals surface area contributed by atoms with E-state index in [0.717, 1.165) is 11.3 Å². The molecule has 0 unspecified atom stereocenters. The van der Waals surface area contributed by atoms with E-state index in [4.69, 9.17) is 0 Å². The Morgan fingerprint density at radius 2 is 1.71 bits per heavy atom. The Hall–Kier alpha value is -2.68. The fraction of sp³-hybridized carbons (Fsp3) is 0.111. The van der Waals surface area contributed by atoms with E-state index in [-0.39, 0.29) is 5.91 Å². The quantitative estimate of drug-likeness (QED) is 0.763. The first-order valence-electron chi connectivity index (χ1n) is 6.88. The molecule has 1 aromatic heterocycles. The molecule has 1 heterocycles. The molecule has 0 aliphatic rings. The number of aromatic nitrogens is 1. The van der Waals surface area contributed by atoms with Crippen LogP contribution >= 0.6 is 0 Å². The molecule has 0 spiro atoms. The van der Waals surface area contributed by atoms with Gasteiger partial charge in [0.1, 0.15) is 5.82 Å². The molecule has 0 aliphatic heterocycles. The third kappa shape index (κ3) is 2.63. The number of hydrogen-bond donors (Lipinski definition) is 1. The topological polar surface area (TPSA) is 42.0 Å². The van der Waals surface area contributed by atoms with E-state index in [1.165, 1.54) is 23.3 Å². The van der Waals surface area contributed by atoms with Crippen LogP contribution in [0, 0.1) is 6.92 Å². The van der Waals surface area contributed by atoms with Gasteiger partial charge in [0.25, 0.3) is 0 Å². The summed E-state index contributed by atoms with van der Waals surface area (Å²) in [5.41, 5.74) is 3.17. The van der Waals surface area contributed by atoms with Gasteiger partial charge in [0, 0.05) is 12.5 Å². The van der Waals surface area contributed by atoms with E-state index in [2.05, 4.69) is 41.5 Å². The number of pyridine rings is 1. The number of nitrogens with one attached hydrogen (secondary N) is 1. The Morgan fingerprint density at radius 3 is 2.48 bits per heavy atom. The summed E-state index contributed by atoms with van der Waals surface area (Å²) in [6.07, 6.45) is 0. The second kappa shape index (κ2) is 5.37. The summed E-state index contributed by atoms with van der Waals surface area (Å²) in [7, 11) is 0. The van der Waals surface area contributed by atoms with Crippen molar-refractivity contribution in [1.29, 1.82) is 0 Å². The third-order valence-electron chi connectivity index (χ3n) is 3.47. The molecule has 0 saturated heterocycles. The number of anilines is 1. The van der Waals surface area contributed by atoms with Gasteiger partial charge in [0.15, 0.2) is 0 Å². The van der Waals surface area contributed by atoms with Crippen LogP contribution in [0.4, 0.5) is 5.82 Å². The smallest absolute Gasteiger partial charge is 0.222 e. The van der Waals surface area contributed by atoms with E-state index >= 15 is 0 Å². The molecule has 0 aliphatic carbocycles. The predicted octanol–water partition coefficient (Wildman–Crippen LogP) is 4.17. The number of fused-ring (bicyclic) bond motifs is 1. The van der Waals surface area contributed by atoms with Crippen LogP contribution in [0.3, 0.4) is 0 Å². The summed E-state index contributed by atoms with van der Waals surface area (Å²) < 4.78 is 0. The number of benzene rings is 2. The number of amides is 1. The first-order valence-corrected chi connectivity index (χ1v) is 6.88. The number of carbonyl (C=O) groups is 1. The van der Waals surface area contributed by atoms with Crippen molar-refractivity contribution in [3.05, 3.63) is 60.2 Å². The molecule has 0 radical (unpaired) electrons. The van der Waals surface area contributed by atoms with Gasteiger partial charge in [-0.05, 0) is 35.4 Å². The van der Waals surface area contributed by atoms with Crippen molar-refractivity contribution in [3.8, 4) is 11.3 Å². The van der Waals surface area contributed by atoms with Gasteiger partial charge in [-0.1, -0.05) is 42.5 Å². The molecule has 21 heavy (non-hydrogen) atoms. The molecule has 1 amide bonds. The summed E-state index contributed by atoms with van der Waals surface area (Å²) in [4.78, 5) is 15.7. The fourth-order valence-corrected chi connectivity index (χ4v) is 2.51. The van der Waals surface area contributed by atoms with Crippen molar-refractivity contribution < 1.29 is 4.79 Å². The zero-order valence-corrected chi connectivity index (χ0v) is 12.1. The van der Waals surface area contributed by atoms with Crippen molar-refractivity contribution in [1.82, 2.24) is 4.98 Å². The SMILES string of the molecule is CC(=O)Nc1cccc(-c2ccc(C)c3ccccc23)n1. The Morgan fingerprint density at radius 1 is 0.952 bits per heavy atom. The Bertz CT molecular complexity index is 824. The highest BCUT2D eigenvalue weighted by Crippen LogP contribution is 2.30. The number of carbonyl (C=O) groups excluding carboxylic acids is 1. The molecule has 104 valence electrons. The minimum atomic E-state index is -0.117. The van der Waals surface area contributed by atoms with Crippen LogP contribution in [-0.4, -0.2) is 10.9 Å². The zero-order valence-electron chi connectivity index (χ0n) is 12.1. The van der Waals surface area contributed by atoms with Crippen LogP contribution in [0.25, 0.3) is 22.0 Å². The summed E-state index contributed by atoms with van der Waals surface area (Å²) in [6, 6.07) is 18.1. The van der Waals surface area contributed by atoms with Crippen LogP contribution in [-0.2, 0) is 4.79 Å². The number of aryl methyl sites for hydroxylation is 1. The van der Waals surface area contributed by atoms with E-state index < -0.39 is 0 Å². The van der Waals surface area contributed by atoms with Gasteiger partial charge in [0.2, 0.25) is 5.91 Å². The molecule has 1 N–H and O–H groups in total. The fourth-order valence-electron chi connectivity index (χ4n) is 2.51. The summed E-state index contributed by atoms with van der Waals surface area (Å²) in [6.45, 7) is 3.59. The van der Waals surface area contributed by atoms with Crippen LogP contribution in [0.2, 0.25) is 0 Å². The summed E-state index contributed by atoms with van der Waals surface area (Å²) >= 11 is 0. The van der Waals surface area contributed by atoms with Gasteiger partial charge < -0.3 is 5.32 Å². The highest BCUT2D eigenvalue weighted by Gasteiger charge is 2.07. The van der Waals surface area contributed by atoms with E-state index in [1.54, 1.807) is 6.07 Å². The lowest BCUT2D eigenvalue weighted by Gasteiger charge is -2.10. The van der Waals surface area contributed by atoms with E-state index in [9.17, 15) is 4.79 Å². The lowest BCUT2D eigenvalue weighted by Crippen LogP contribution is -2.07. The predicted molar refractivity (Wildman–Crippen MR) is 86.2 cm³/mol.